The number of aryl methyl sites for hydroxylation is 1. The van der Waals surface area contributed by atoms with Crippen LogP contribution in [-0.4, -0.2) is 40.6 Å². The molecule has 0 radical (unpaired) electrons. The van der Waals surface area contributed by atoms with Crippen LogP contribution in [0.25, 0.3) is 11.0 Å². The minimum Gasteiger partial charge on any atom is -0.366 e. The Morgan fingerprint density at radius 2 is 1.76 bits per heavy atom. The van der Waals surface area contributed by atoms with Crippen molar-refractivity contribution in [2.24, 2.45) is 7.05 Å². The van der Waals surface area contributed by atoms with Crippen LogP contribution in [0.5, 0.6) is 0 Å². The maximum absolute atomic E-state index is 12.7. The van der Waals surface area contributed by atoms with Gasteiger partial charge in [0.2, 0.25) is 0 Å². The van der Waals surface area contributed by atoms with Gasteiger partial charge in [-0.05, 0) is 29.8 Å². The van der Waals surface area contributed by atoms with Crippen molar-refractivity contribution in [3.05, 3.63) is 68.1 Å². The zero-order valence-electron chi connectivity index (χ0n) is 15.9. The number of aromatic nitrogens is 2. The molecule has 0 N–H and O–H groups in total. The number of fused-ring (bicyclic) bond motifs is 1. The van der Waals surface area contributed by atoms with Gasteiger partial charge in [-0.15, -0.1) is 0 Å². The first-order valence-corrected chi connectivity index (χ1v) is 10.0. The lowest BCUT2D eigenvalue weighted by Gasteiger charge is -2.36. The number of pyridine rings is 2. The van der Waals surface area contributed by atoms with E-state index in [-0.39, 0.29) is 11.1 Å². The minimum atomic E-state index is -0.317. The maximum atomic E-state index is 12.7. The molecule has 1 aliphatic rings. The number of benzene rings is 1. The molecule has 3 heterocycles. The van der Waals surface area contributed by atoms with Gasteiger partial charge in [0.05, 0.1) is 11.2 Å². The molecule has 148 valence electrons. The molecular formula is C21H19Cl2N5O. The molecule has 0 aliphatic carbocycles. The van der Waals surface area contributed by atoms with Gasteiger partial charge in [-0.25, -0.2) is 4.98 Å². The number of hydrogen-bond donors (Lipinski definition) is 0. The average Bonchev–Trinajstić information content (AvgIpc) is 2.73. The van der Waals surface area contributed by atoms with E-state index in [9.17, 15) is 10.1 Å². The van der Waals surface area contributed by atoms with Crippen LogP contribution in [0, 0.1) is 11.3 Å². The normalized spacial score (nSPS) is 14.9. The number of nitriles is 1. The van der Waals surface area contributed by atoms with Gasteiger partial charge >= 0.3 is 0 Å². The summed E-state index contributed by atoms with van der Waals surface area (Å²) in [6, 6.07) is 13.4. The smallest absolute Gasteiger partial charge is 0.270 e. The summed E-state index contributed by atoms with van der Waals surface area (Å²) in [5.74, 6) is 0. The zero-order valence-corrected chi connectivity index (χ0v) is 17.4. The third-order valence-electron chi connectivity index (χ3n) is 5.30. The first-order chi connectivity index (χ1) is 14.0. The van der Waals surface area contributed by atoms with Crippen LogP contribution in [0.15, 0.2) is 41.2 Å². The number of anilines is 1. The van der Waals surface area contributed by atoms with E-state index in [1.54, 1.807) is 19.2 Å². The number of halogens is 2. The Morgan fingerprint density at radius 3 is 2.41 bits per heavy atom. The van der Waals surface area contributed by atoms with Gasteiger partial charge in [0.15, 0.2) is 0 Å². The van der Waals surface area contributed by atoms with E-state index in [0.717, 1.165) is 24.7 Å². The molecule has 8 heteroatoms. The molecule has 0 spiro atoms. The predicted molar refractivity (Wildman–Crippen MR) is 116 cm³/mol. The molecular weight excluding hydrogens is 409 g/mol. The SMILES string of the molecule is Cn1c(=O)c(C#N)c(N2CCN(Cc3ccc(Cl)cc3)CC2)c2nc(Cl)ccc21. The Hall–Kier alpha value is -2.59. The van der Waals surface area contributed by atoms with Gasteiger partial charge in [0.25, 0.3) is 5.56 Å². The van der Waals surface area contributed by atoms with Gasteiger partial charge in [0.1, 0.15) is 22.3 Å². The van der Waals surface area contributed by atoms with E-state index in [0.29, 0.717) is 35.0 Å². The van der Waals surface area contributed by atoms with E-state index < -0.39 is 0 Å². The molecule has 1 aromatic carbocycles. The average molecular weight is 428 g/mol. The summed E-state index contributed by atoms with van der Waals surface area (Å²) in [7, 11) is 1.65. The molecule has 0 unspecified atom stereocenters. The Balaban J connectivity index is 1.63. The topological polar surface area (TPSA) is 65.2 Å². The number of nitrogens with zero attached hydrogens (tertiary/aromatic N) is 5. The molecule has 29 heavy (non-hydrogen) atoms. The van der Waals surface area contributed by atoms with Crippen LogP contribution in [0.2, 0.25) is 10.2 Å². The second-order valence-electron chi connectivity index (χ2n) is 7.09. The maximum Gasteiger partial charge on any atom is 0.270 e. The van der Waals surface area contributed by atoms with E-state index in [4.69, 9.17) is 23.2 Å². The number of rotatable bonds is 3. The second kappa shape index (κ2) is 8.03. The fourth-order valence-electron chi connectivity index (χ4n) is 3.76. The molecule has 0 amide bonds. The fourth-order valence-corrected chi connectivity index (χ4v) is 4.03. The van der Waals surface area contributed by atoms with E-state index in [1.165, 1.54) is 10.1 Å². The molecule has 0 atom stereocenters. The van der Waals surface area contributed by atoms with Crippen LogP contribution >= 0.6 is 23.2 Å². The molecule has 3 aromatic rings. The highest BCUT2D eigenvalue weighted by Gasteiger charge is 2.25. The summed E-state index contributed by atoms with van der Waals surface area (Å²) < 4.78 is 1.46. The largest absolute Gasteiger partial charge is 0.366 e. The number of hydrogen-bond acceptors (Lipinski definition) is 5. The van der Waals surface area contributed by atoms with Crippen molar-refractivity contribution >= 4 is 39.9 Å². The quantitative estimate of drug-likeness (QED) is 0.598. The third-order valence-corrected chi connectivity index (χ3v) is 5.76. The zero-order chi connectivity index (χ0) is 20.5. The summed E-state index contributed by atoms with van der Waals surface area (Å²) in [4.78, 5) is 21.6. The van der Waals surface area contributed by atoms with Gasteiger partial charge in [-0.1, -0.05) is 35.3 Å². The van der Waals surface area contributed by atoms with Crippen LogP contribution in [0.3, 0.4) is 0 Å². The van der Waals surface area contributed by atoms with Crippen molar-refractivity contribution in [2.45, 2.75) is 6.54 Å². The molecule has 0 bridgehead atoms. The van der Waals surface area contributed by atoms with Crippen molar-refractivity contribution in [3.8, 4) is 6.07 Å². The molecule has 1 saturated heterocycles. The molecule has 6 nitrogen and oxygen atoms in total. The Kier molecular flexibility index (Phi) is 5.46. The summed E-state index contributed by atoms with van der Waals surface area (Å²) in [5.41, 5.74) is 2.83. The van der Waals surface area contributed by atoms with Gasteiger partial charge in [-0.3, -0.25) is 9.69 Å². The minimum absolute atomic E-state index is 0.112. The Morgan fingerprint density at radius 1 is 1.07 bits per heavy atom. The van der Waals surface area contributed by atoms with Crippen LogP contribution in [0.1, 0.15) is 11.1 Å². The highest BCUT2D eigenvalue weighted by Crippen LogP contribution is 2.29. The second-order valence-corrected chi connectivity index (χ2v) is 7.91. The van der Waals surface area contributed by atoms with Crippen molar-refractivity contribution in [1.29, 1.82) is 5.26 Å². The summed E-state index contributed by atoms with van der Waals surface area (Å²) in [6.07, 6.45) is 0. The first-order valence-electron chi connectivity index (χ1n) is 9.29. The Labute approximate surface area is 178 Å². The van der Waals surface area contributed by atoms with Crippen molar-refractivity contribution in [1.82, 2.24) is 14.5 Å². The van der Waals surface area contributed by atoms with Crippen LogP contribution in [-0.2, 0) is 13.6 Å². The van der Waals surface area contributed by atoms with Crippen LogP contribution < -0.4 is 10.5 Å². The summed E-state index contributed by atoms with van der Waals surface area (Å²) in [6.45, 7) is 3.84. The van der Waals surface area contributed by atoms with Crippen molar-refractivity contribution in [2.75, 3.05) is 31.1 Å². The molecule has 0 saturated carbocycles. The number of piperazine rings is 1. The third kappa shape index (κ3) is 3.82. The van der Waals surface area contributed by atoms with Crippen LogP contribution in [0.4, 0.5) is 5.69 Å². The predicted octanol–water partition coefficient (Wildman–Crippen LogP) is 3.43. The summed E-state index contributed by atoms with van der Waals surface area (Å²) in [5, 5.41) is 10.7. The monoisotopic (exact) mass is 427 g/mol. The Bertz CT molecular complexity index is 1160. The lowest BCUT2D eigenvalue weighted by Crippen LogP contribution is -2.47. The summed E-state index contributed by atoms with van der Waals surface area (Å²) >= 11 is 12.1. The lowest BCUT2D eigenvalue weighted by atomic mass is 10.1. The highest BCUT2D eigenvalue weighted by atomic mass is 35.5. The molecule has 2 aromatic heterocycles. The highest BCUT2D eigenvalue weighted by molar-refractivity contribution is 6.30. The van der Waals surface area contributed by atoms with Crippen molar-refractivity contribution in [3.63, 3.8) is 0 Å². The fraction of sp³-hybridized carbons (Fsp3) is 0.286. The van der Waals surface area contributed by atoms with E-state index in [2.05, 4.69) is 20.9 Å². The van der Waals surface area contributed by atoms with E-state index in [1.807, 2.05) is 24.3 Å². The van der Waals surface area contributed by atoms with Crippen molar-refractivity contribution < 1.29 is 0 Å². The van der Waals surface area contributed by atoms with Gasteiger partial charge in [0, 0.05) is 44.8 Å². The molecule has 1 fully saturated rings. The standard InChI is InChI=1S/C21H19Cl2N5O/c1-26-17-6-7-18(23)25-19(17)20(16(12-24)21(26)29)28-10-8-27(9-11-28)13-14-2-4-15(22)5-3-14/h2-7H,8-11,13H2,1H3. The van der Waals surface area contributed by atoms with Gasteiger partial charge < -0.3 is 9.47 Å². The van der Waals surface area contributed by atoms with Gasteiger partial charge in [-0.2, -0.15) is 5.26 Å². The molecule has 4 rings (SSSR count). The lowest BCUT2D eigenvalue weighted by molar-refractivity contribution is 0.250. The first kappa shape index (κ1) is 19.7. The van der Waals surface area contributed by atoms with E-state index >= 15 is 0 Å². The molecule has 1 aliphatic heterocycles.